The van der Waals surface area contributed by atoms with Crippen molar-refractivity contribution in [3.05, 3.63) is 114 Å². The molecule has 0 saturated heterocycles. The number of carbonyl (C=O) groups excluding carboxylic acids is 2. The molecular formula is C25H22N4O2. The molecule has 2 N–H and O–H groups in total. The summed E-state index contributed by atoms with van der Waals surface area (Å²) in [5.41, 5.74) is 3.22. The highest BCUT2D eigenvalue weighted by molar-refractivity contribution is 6.08. The molecule has 0 fully saturated rings. The predicted octanol–water partition coefficient (Wildman–Crippen LogP) is 4.10. The van der Waals surface area contributed by atoms with Crippen LogP contribution in [0.25, 0.3) is 5.69 Å². The Bertz CT molecular complexity index is 1170. The van der Waals surface area contributed by atoms with E-state index in [0.717, 1.165) is 17.7 Å². The van der Waals surface area contributed by atoms with Gasteiger partial charge < -0.3 is 10.6 Å². The number of imidazole rings is 1. The molecule has 1 heterocycles. The first-order valence-corrected chi connectivity index (χ1v) is 10.0. The number of amides is 2. The molecule has 6 nitrogen and oxygen atoms in total. The number of benzene rings is 3. The van der Waals surface area contributed by atoms with Gasteiger partial charge in [-0.15, -0.1) is 0 Å². The average molecular weight is 410 g/mol. The largest absolute Gasteiger partial charge is 0.352 e. The molecule has 0 aliphatic rings. The summed E-state index contributed by atoms with van der Waals surface area (Å²) >= 11 is 0. The van der Waals surface area contributed by atoms with Gasteiger partial charge in [-0.1, -0.05) is 60.7 Å². The maximum absolute atomic E-state index is 12.9. The monoisotopic (exact) mass is 410 g/mol. The second kappa shape index (κ2) is 9.54. The van der Waals surface area contributed by atoms with E-state index < -0.39 is 0 Å². The molecule has 0 saturated carbocycles. The van der Waals surface area contributed by atoms with Gasteiger partial charge in [-0.25, -0.2) is 4.98 Å². The molecule has 3 aromatic carbocycles. The van der Waals surface area contributed by atoms with Gasteiger partial charge >= 0.3 is 0 Å². The minimum absolute atomic E-state index is 0.233. The van der Waals surface area contributed by atoms with Crippen LogP contribution in [0, 0.1) is 0 Å². The maximum atomic E-state index is 12.9. The number of hydrogen-bond donors (Lipinski definition) is 2. The molecule has 0 radical (unpaired) electrons. The third-order valence-corrected chi connectivity index (χ3v) is 4.87. The van der Waals surface area contributed by atoms with Crippen LogP contribution in [0.15, 0.2) is 97.5 Å². The summed E-state index contributed by atoms with van der Waals surface area (Å²) in [6.07, 6.45) is 3.83. The predicted molar refractivity (Wildman–Crippen MR) is 120 cm³/mol. The highest BCUT2D eigenvalue weighted by atomic mass is 16.2. The Balaban J connectivity index is 1.46. The lowest BCUT2D eigenvalue weighted by Crippen LogP contribution is -2.27. The number of para-hydroxylation sites is 2. The standard InChI is InChI=1S/C25H22N4O2/c30-24(27-16-15-19-9-3-1-4-10-19)21-13-7-8-14-22(21)28-25(31)23-17-26-18-29(23)20-11-5-2-6-12-20/h1-14,17-18H,15-16H2,(H,27,30)(H,28,31). The molecule has 31 heavy (non-hydrogen) atoms. The van der Waals surface area contributed by atoms with Gasteiger partial charge in [-0.2, -0.15) is 0 Å². The average Bonchev–Trinajstić information content (AvgIpc) is 3.31. The molecule has 0 spiro atoms. The third-order valence-electron chi connectivity index (χ3n) is 4.87. The number of hydrogen-bond acceptors (Lipinski definition) is 3. The van der Waals surface area contributed by atoms with Gasteiger partial charge in [0.05, 0.1) is 23.8 Å². The molecule has 154 valence electrons. The van der Waals surface area contributed by atoms with E-state index in [1.54, 1.807) is 35.2 Å². The molecule has 0 bridgehead atoms. The van der Waals surface area contributed by atoms with E-state index in [-0.39, 0.29) is 11.8 Å². The van der Waals surface area contributed by atoms with Crippen LogP contribution < -0.4 is 10.6 Å². The fourth-order valence-corrected chi connectivity index (χ4v) is 3.29. The van der Waals surface area contributed by atoms with Crippen molar-refractivity contribution in [2.45, 2.75) is 6.42 Å². The summed E-state index contributed by atoms with van der Waals surface area (Å²) in [5, 5.41) is 5.78. The summed E-state index contributed by atoms with van der Waals surface area (Å²) in [6.45, 7) is 0.506. The van der Waals surface area contributed by atoms with Gasteiger partial charge in [-0.3, -0.25) is 14.2 Å². The van der Waals surface area contributed by atoms with Gasteiger partial charge in [-0.05, 0) is 36.2 Å². The SMILES string of the molecule is O=C(NCCc1ccccc1)c1ccccc1NC(=O)c1cncn1-c1ccccc1. The lowest BCUT2D eigenvalue weighted by Gasteiger charge is -2.12. The Morgan fingerprint density at radius 2 is 1.48 bits per heavy atom. The summed E-state index contributed by atoms with van der Waals surface area (Å²) in [6, 6.07) is 26.4. The molecule has 0 aliphatic heterocycles. The van der Waals surface area contributed by atoms with Crippen LogP contribution in [-0.4, -0.2) is 27.9 Å². The van der Waals surface area contributed by atoms with Crippen molar-refractivity contribution < 1.29 is 9.59 Å². The number of nitrogens with zero attached hydrogens (tertiary/aromatic N) is 2. The van der Waals surface area contributed by atoms with Crippen molar-refractivity contribution in [3.8, 4) is 5.69 Å². The molecule has 0 aliphatic carbocycles. The van der Waals surface area contributed by atoms with E-state index in [2.05, 4.69) is 15.6 Å². The quantitative estimate of drug-likeness (QED) is 0.482. The normalized spacial score (nSPS) is 10.5. The highest BCUT2D eigenvalue weighted by Gasteiger charge is 2.17. The van der Waals surface area contributed by atoms with Gasteiger partial charge in [0.15, 0.2) is 0 Å². The zero-order valence-corrected chi connectivity index (χ0v) is 16.9. The van der Waals surface area contributed by atoms with Crippen molar-refractivity contribution in [3.63, 3.8) is 0 Å². The molecule has 2 amide bonds. The molecule has 4 aromatic rings. The zero-order chi connectivity index (χ0) is 21.5. The third kappa shape index (κ3) is 4.87. The fraction of sp³-hybridized carbons (Fsp3) is 0.0800. The van der Waals surface area contributed by atoms with E-state index in [1.807, 2.05) is 60.7 Å². The smallest absolute Gasteiger partial charge is 0.274 e. The Morgan fingerprint density at radius 1 is 0.806 bits per heavy atom. The summed E-state index contributed by atoms with van der Waals surface area (Å²) in [7, 11) is 0. The number of nitrogens with one attached hydrogen (secondary N) is 2. The van der Waals surface area contributed by atoms with E-state index in [0.29, 0.717) is 23.5 Å². The van der Waals surface area contributed by atoms with Crippen LogP contribution in [0.4, 0.5) is 5.69 Å². The van der Waals surface area contributed by atoms with E-state index in [9.17, 15) is 9.59 Å². The summed E-state index contributed by atoms with van der Waals surface area (Å²) < 4.78 is 1.71. The number of anilines is 1. The Morgan fingerprint density at radius 3 is 2.26 bits per heavy atom. The van der Waals surface area contributed by atoms with Crippen molar-refractivity contribution in [2.24, 2.45) is 0 Å². The van der Waals surface area contributed by atoms with Gasteiger partial charge in [0.25, 0.3) is 11.8 Å². The van der Waals surface area contributed by atoms with Gasteiger partial charge in [0, 0.05) is 12.2 Å². The minimum Gasteiger partial charge on any atom is -0.352 e. The van der Waals surface area contributed by atoms with Crippen molar-refractivity contribution >= 4 is 17.5 Å². The summed E-state index contributed by atoms with van der Waals surface area (Å²) in [4.78, 5) is 29.8. The zero-order valence-electron chi connectivity index (χ0n) is 16.9. The first kappa shape index (κ1) is 20.1. The Hall–Kier alpha value is -4.19. The van der Waals surface area contributed by atoms with Gasteiger partial charge in [0.2, 0.25) is 0 Å². The first-order valence-electron chi connectivity index (χ1n) is 10.0. The Kier molecular flexibility index (Phi) is 6.18. The van der Waals surface area contributed by atoms with Crippen LogP contribution in [0.2, 0.25) is 0 Å². The van der Waals surface area contributed by atoms with Crippen LogP contribution in [-0.2, 0) is 6.42 Å². The van der Waals surface area contributed by atoms with Crippen molar-refractivity contribution in [2.75, 3.05) is 11.9 Å². The molecule has 4 rings (SSSR count). The van der Waals surface area contributed by atoms with Crippen LogP contribution in [0.3, 0.4) is 0 Å². The molecule has 0 atom stereocenters. The molecule has 1 aromatic heterocycles. The summed E-state index contributed by atoms with van der Waals surface area (Å²) in [5.74, 6) is -0.575. The molecular weight excluding hydrogens is 388 g/mol. The lowest BCUT2D eigenvalue weighted by molar-refractivity contribution is 0.0955. The molecule has 0 unspecified atom stereocenters. The number of rotatable bonds is 7. The maximum Gasteiger partial charge on any atom is 0.274 e. The van der Waals surface area contributed by atoms with Gasteiger partial charge in [0.1, 0.15) is 5.69 Å². The van der Waals surface area contributed by atoms with Crippen molar-refractivity contribution in [1.29, 1.82) is 0 Å². The number of aromatic nitrogens is 2. The highest BCUT2D eigenvalue weighted by Crippen LogP contribution is 2.18. The second-order valence-corrected chi connectivity index (χ2v) is 6.98. The van der Waals surface area contributed by atoms with Crippen molar-refractivity contribution in [1.82, 2.24) is 14.9 Å². The topological polar surface area (TPSA) is 76.0 Å². The lowest BCUT2D eigenvalue weighted by atomic mass is 10.1. The Labute approximate surface area is 180 Å². The minimum atomic E-state index is -0.342. The van der Waals surface area contributed by atoms with E-state index in [1.165, 1.54) is 6.20 Å². The number of carbonyl (C=O) groups is 2. The van der Waals surface area contributed by atoms with E-state index >= 15 is 0 Å². The second-order valence-electron chi connectivity index (χ2n) is 6.98. The molecule has 6 heteroatoms. The first-order chi connectivity index (χ1) is 15.2. The van der Waals surface area contributed by atoms with Crippen LogP contribution in [0.1, 0.15) is 26.4 Å². The van der Waals surface area contributed by atoms with Crippen LogP contribution in [0.5, 0.6) is 0 Å². The fourth-order valence-electron chi connectivity index (χ4n) is 3.29. The van der Waals surface area contributed by atoms with Crippen LogP contribution >= 0.6 is 0 Å². The van der Waals surface area contributed by atoms with E-state index in [4.69, 9.17) is 0 Å².